The molecule has 1 aliphatic rings. The van der Waals surface area contributed by atoms with E-state index in [4.69, 9.17) is 9.47 Å². The van der Waals surface area contributed by atoms with Crippen molar-refractivity contribution < 1.29 is 22.7 Å². The van der Waals surface area contributed by atoms with E-state index in [1.165, 1.54) is 12.1 Å². The van der Waals surface area contributed by atoms with Crippen LogP contribution in [-0.2, 0) is 14.8 Å². The van der Waals surface area contributed by atoms with Crippen LogP contribution < -0.4 is 19.1 Å². The number of benzene rings is 3. The van der Waals surface area contributed by atoms with Gasteiger partial charge in [0, 0.05) is 11.8 Å². The Morgan fingerprint density at radius 3 is 2.50 bits per heavy atom. The number of hydrogen-bond acceptors (Lipinski definition) is 5. The van der Waals surface area contributed by atoms with Crippen LogP contribution >= 0.6 is 0 Å². The molecule has 0 saturated heterocycles. The summed E-state index contributed by atoms with van der Waals surface area (Å²) in [5, 5.41) is 2.73. The fourth-order valence-corrected chi connectivity index (χ4v) is 4.56. The van der Waals surface area contributed by atoms with Crippen molar-refractivity contribution in [1.82, 2.24) is 0 Å². The van der Waals surface area contributed by atoms with Crippen LogP contribution in [-0.4, -0.2) is 27.7 Å². The molecule has 0 fully saturated rings. The average molecular weight is 424 g/mol. The Hall–Kier alpha value is -3.52. The van der Waals surface area contributed by atoms with Crippen LogP contribution in [0.1, 0.15) is 5.56 Å². The fraction of sp³-hybridized carbons (Fsp3) is 0.136. The Balaban J connectivity index is 1.62. The number of amides is 1. The van der Waals surface area contributed by atoms with Crippen molar-refractivity contribution in [3.05, 3.63) is 78.4 Å². The highest BCUT2D eigenvalue weighted by Crippen LogP contribution is 2.34. The lowest BCUT2D eigenvalue weighted by atomic mass is 10.2. The number of nitrogens with one attached hydrogen (secondary N) is 1. The van der Waals surface area contributed by atoms with Crippen LogP contribution in [0.4, 0.5) is 11.4 Å². The van der Waals surface area contributed by atoms with E-state index < -0.39 is 15.9 Å². The first-order valence-corrected chi connectivity index (χ1v) is 10.7. The molecule has 7 nitrogen and oxygen atoms in total. The molecular weight excluding hydrogens is 404 g/mol. The maximum atomic E-state index is 13.3. The number of sulfonamides is 1. The Morgan fingerprint density at radius 1 is 0.967 bits per heavy atom. The Bertz CT molecular complexity index is 1180. The monoisotopic (exact) mass is 424 g/mol. The van der Waals surface area contributed by atoms with Crippen LogP contribution in [0.5, 0.6) is 11.5 Å². The first-order chi connectivity index (χ1) is 14.4. The van der Waals surface area contributed by atoms with E-state index in [1.54, 1.807) is 54.6 Å². The van der Waals surface area contributed by atoms with Crippen molar-refractivity contribution >= 4 is 27.3 Å². The summed E-state index contributed by atoms with van der Waals surface area (Å²) in [7, 11) is -3.94. The summed E-state index contributed by atoms with van der Waals surface area (Å²) >= 11 is 0. The smallest absolute Gasteiger partial charge is 0.264 e. The van der Waals surface area contributed by atoms with Gasteiger partial charge in [-0.25, -0.2) is 8.42 Å². The van der Waals surface area contributed by atoms with Gasteiger partial charge in [-0.1, -0.05) is 30.3 Å². The number of hydrogen-bond donors (Lipinski definition) is 1. The second-order valence-electron chi connectivity index (χ2n) is 6.78. The van der Waals surface area contributed by atoms with Gasteiger partial charge in [0.2, 0.25) is 12.7 Å². The summed E-state index contributed by atoms with van der Waals surface area (Å²) in [6, 6.07) is 20.1. The lowest BCUT2D eigenvalue weighted by Crippen LogP contribution is -2.38. The lowest BCUT2D eigenvalue weighted by molar-refractivity contribution is -0.114. The molecule has 30 heavy (non-hydrogen) atoms. The van der Waals surface area contributed by atoms with Crippen molar-refractivity contribution in [3.8, 4) is 11.5 Å². The summed E-state index contributed by atoms with van der Waals surface area (Å²) in [4.78, 5) is 12.9. The minimum Gasteiger partial charge on any atom is -0.454 e. The Kier molecular flexibility index (Phi) is 5.33. The highest BCUT2D eigenvalue weighted by molar-refractivity contribution is 7.92. The van der Waals surface area contributed by atoms with Crippen molar-refractivity contribution in [2.24, 2.45) is 0 Å². The number of carbonyl (C=O) groups is 1. The largest absolute Gasteiger partial charge is 0.454 e. The predicted molar refractivity (Wildman–Crippen MR) is 113 cm³/mol. The maximum Gasteiger partial charge on any atom is 0.264 e. The summed E-state index contributed by atoms with van der Waals surface area (Å²) in [6.07, 6.45) is 0. The maximum absolute atomic E-state index is 13.3. The number of carbonyl (C=O) groups excluding carboxylic acids is 1. The molecule has 4 rings (SSSR count). The number of fused-ring (bicyclic) bond motifs is 1. The Labute approximate surface area is 174 Å². The molecular formula is C22H20N2O5S. The molecule has 0 aliphatic carbocycles. The molecule has 0 unspecified atom stereocenters. The minimum atomic E-state index is -3.94. The third-order valence-electron chi connectivity index (χ3n) is 4.56. The van der Waals surface area contributed by atoms with Crippen LogP contribution in [0.3, 0.4) is 0 Å². The number of nitrogens with zero attached hydrogens (tertiary/aromatic N) is 1. The van der Waals surface area contributed by atoms with Gasteiger partial charge in [-0.2, -0.15) is 0 Å². The standard InChI is InChI=1S/C22H20N2O5S/c1-16-6-5-7-18(12-16)24(30(26,27)19-8-3-2-4-9-19)14-22(25)23-17-10-11-20-21(13-17)29-15-28-20/h2-13H,14-15H2,1H3,(H,23,25). The first-order valence-electron chi connectivity index (χ1n) is 9.27. The molecule has 8 heteroatoms. The van der Waals surface area contributed by atoms with E-state index in [0.717, 1.165) is 9.87 Å². The van der Waals surface area contributed by atoms with Crippen LogP contribution in [0.25, 0.3) is 0 Å². The van der Waals surface area contributed by atoms with E-state index in [0.29, 0.717) is 22.9 Å². The average Bonchev–Trinajstić information content (AvgIpc) is 3.20. The second-order valence-corrected chi connectivity index (χ2v) is 8.64. The molecule has 0 aromatic heterocycles. The molecule has 0 radical (unpaired) electrons. The van der Waals surface area contributed by atoms with Crippen LogP contribution in [0.2, 0.25) is 0 Å². The lowest BCUT2D eigenvalue weighted by Gasteiger charge is -2.24. The van der Waals surface area contributed by atoms with Crippen molar-refractivity contribution in [2.45, 2.75) is 11.8 Å². The molecule has 3 aromatic rings. The topological polar surface area (TPSA) is 84.9 Å². The van der Waals surface area contributed by atoms with Gasteiger partial charge in [-0.05, 0) is 48.9 Å². The quantitative estimate of drug-likeness (QED) is 0.654. The van der Waals surface area contributed by atoms with Crippen molar-refractivity contribution in [3.63, 3.8) is 0 Å². The van der Waals surface area contributed by atoms with Gasteiger partial charge < -0.3 is 14.8 Å². The van der Waals surface area contributed by atoms with E-state index in [2.05, 4.69) is 5.32 Å². The van der Waals surface area contributed by atoms with Gasteiger partial charge in [0.25, 0.3) is 10.0 Å². The number of rotatable bonds is 6. The third kappa shape index (κ3) is 4.08. The zero-order valence-electron chi connectivity index (χ0n) is 16.2. The van der Waals surface area contributed by atoms with E-state index in [-0.39, 0.29) is 18.2 Å². The molecule has 3 aromatic carbocycles. The minimum absolute atomic E-state index is 0.113. The molecule has 154 valence electrons. The fourth-order valence-electron chi connectivity index (χ4n) is 3.12. The summed E-state index contributed by atoms with van der Waals surface area (Å²) in [5.41, 5.74) is 1.79. The number of ether oxygens (including phenoxy) is 2. The van der Waals surface area contributed by atoms with Gasteiger partial charge in [0.1, 0.15) is 6.54 Å². The van der Waals surface area contributed by atoms with Crippen LogP contribution in [0, 0.1) is 6.92 Å². The molecule has 1 aliphatic heterocycles. The van der Waals surface area contributed by atoms with E-state index in [9.17, 15) is 13.2 Å². The number of aryl methyl sites for hydroxylation is 1. The van der Waals surface area contributed by atoms with Gasteiger partial charge in [0.05, 0.1) is 10.6 Å². The third-order valence-corrected chi connectivity index (χ3v) is 6.35. The zero-order chi connectivity index (χ0) is 21.1. The van der Waals surface area contributed by atoms with Gasteiger partial charge in [-0.15, -0.1) is 0 Å². The molecule has 1 N–H and O–H groups in total. The van der Waals surface area contributed by atoms with Gasteiger partial charge in [-0.3, -0.25) is 9.10 Å². The van der Waals surface area contributed by atoms with Crippen LogP contribution in [0.15, 0.2) is 77.7 Å². The van der Waals surface area contributed by atoms with E-state index >= 15 is 0 Å². The molecule has 0 spiro atoms. The summed E-state index contributed by atoms with van der Waals surface area (Å²) in [5.74, 6) is 0.649. The SMILES string of the molecule is Cc1cccc(N(CC(=O)Nc2ccc3c(c2)OCO3)S(=O)(=O)c2ccccc2)c1. The highest BCUT2D eigenvalue weighted by atomic mass is 32.2. The molecule has 0 saturated carbocycles. The summed E-state index contributed by atoms with van der Waals surface area (Å²) < 4.78 is 38.3. The van der Waals surface area contributed by atoms with Crippen molar-refractivity contribution in [1.29, 1.82) is 0 Å². The number of anilines is 2. The van der Waals surface area contributed by atoms with E-state index in [1.807, 2.05) is 13.0 Å². The molecule has 1 amide bonds. The Morgan fingerprint density at radius 2 is 1.73 bits per heavy atom. The normalized spacial score (nSPS) is 12.4. The summed E-state index contributed by atoms with van der Waals surface area (Å²) in [6.45, 7) is 1.61. The highest BCUT2D eigenvalue weighted by Gasteiger charge is 2.27. The first kappa shape index (κ1) is 19.8. The molecule has 1 heterocycles. The molecule has 0 bridgehead atoms. The zero-order valence-corrected chi connectivity index (χ0v) is 17.1. The predicted octanol–water partition coefficient (Wildman–Crippen LogP) is 3.56. The second kappa shape index (κ2) is 8.08. The van der Waals surface area contributed by atoms with Crippen molar-refractivity contribution in [2.75, 3.05) is 23.0 Å². The van der Waals surface area contributed by atoms with Gasteiger partial charge in [0.15, 0.2) is 11.5 Å². The van der Waals surface area contributed by atoms with Gasteiger partial charge >= 0.3 is 0 Å². The molecule has 0 atom stereocenters.